The molecule has 0 saturated heterocycles. The van der Waals surface area contributed by atoms with Crippen molar-refractivity contribution in [1.82, 2.24) is 0 Å². The van der Waals surface area contributed by atoms with Gasteiger partial charge in [-0.3, -0.25) is 0 Å². The molecule has 0 aliphatic rings. The quantitative estimate of drug-likeness (QED) is 0.659. The van der Waals surface area contributed by atoms with E-state index in [4.69, 9.17) is 18.0 Å². The van der Waals surface area contributed by atoms with Gasteiger partial charge in [0, 0.05) is 16.1 Å². The summed E-state index contributed by atoms with van der Waals surface area (Å²) in [6.45, 7) is 0. The lowest BCUT2D eigenvalue weighted by Gasteiger charge is -2.14. The normalized spacial score (nSPS) is 10.3. The molecular formula is C14H12F2N2S2. The van der Waals surface area contributed by atoms with E-state index in [0.29, 0.717) is 11.3 Å². The van der Waals surface area contributed by atoms with E-state index in [1.54, 1.807) is 12.1 Å². The molecule has 0 radical (unpaired) electrons. The fourth-order valence-corrected chi connectivity index (χ4v) is 2.73. The van der Waals surface area contributed by atoms with Crippen molar-refractivity contribution in [2.75, 3.05) is 11.6 Å². The van der Waals surface area contributed by atoms with E-state index >= 15 is 0 Å². The monoisotopic (exact) mass is 310 g/mol. The Labute approximate surface area is 125 Å². The van der Waals surface area contributed by atoms with Gasteiger partial charge in [-0.15, -0.1) is 11.8 Å². The maximum Gasteiger partial charge on any atom is 0.182 e. The Hall–Kier alpha value is -1.66. The van der Waals surface area contributed by atoms with Crippen LogP contribution in [0.25, 0.3) is 0 Å². The van der Waals surface area contributed by atoms with Crippen molar-refractivity contribution in [1.29, 1.82) is 0 Å². The van der Waals surface area contributed by atoms with Gasteiger partial charge in [0.2, 0.25) is 0 Å². The van der Waals surface area contributed by atoms with Crippen LogP contribution in [0.1, 0.15) is 5.56 Å². The zero-order valence-electron chi connectivity index (χ0n) is 10.6. The zero-order chi connectivity index (χ0) is 14.7. The average molecular weight is 310 g/mol. The lowest BCUT2D eigenvalue weighted by molar-refractivity contribution is 0.512. The molecule has 2 rings (SSSR count). The summed E-state index contributed by atoms with van der Waals surface area (Å²) in [7, 11) is 0. The van der Waals surface area contributed by atoms with Crippen LogP contribution in [-0.2, 0) is 0 Å². The summed E-state index contributed by atoms with van der Waals surface area (Å²) in [6, 6.07) is 9.33. The molecular weight excluding hydrogens is 298 g/mol. The average Bonchev–Trinajstić information content (AvgIpc) is 2.43. The smallest absolute Gasteiger partial charge is 0.182 e. The molecule has 3 N–H and O–H groups in total. The Morgan fingerprint density at radius 3 is 2.45 bits per heavy atom. The Kier molecular flexibility index (Phi) is 4.57. The van der Waals surface area contributed by atoms with Crippen molar-refractivity contribution in [3.05, 3.63) is 53.6 Å². The first-order valence-corrected chi connectivity index (χ1v) is 7.35. The minimum Gasteiger partial charge on any atom is -0.389 e. The van der Waals surface area contributed by atoms with Gasteiger partial charge in [-0.05, 0) is 30.5 Å². The molecule has 104 valence electrons. The molecule has 2 aromatic rings. The first-order chi connectivity index (χ1) is 9.54. The van der Waals surface area contributed by atoms with Gasteiger partial charge in [-0.1, -0.05) is 24.4 Å². The van der Waals surface area contributed by atoms with Crippen LogP contribution in [0.2, 0.25) is 0 Å². The van der Waals surface area contributed by atoms with Gasteiger partial charge in [0.1, 0.15) is 4.99 Å². The lowest BCUT2D eigenvalue weighted by atomic mass is 10.1. The molecule has 0 amide bonds. The second-order valence-electron chi connectivity index (χ2n) is 3.97. The molecule has 0 atom stereocenters. The van der Waals surface area contributed by atoms with Crippen molar-refractivity contribution in [3.63, 3.8) is 0 Å². The zero-order valence-corrected chi connectivity index (χ0v) is 12.2. The number of benzene rings is 2. The van der Waals surface area contributed by atoms with E-state index in [2.05, 4.69) is 5.32 Å². The van der Waals surface area contributed by atoms with Gasteiger partial charge >= 0.3 is 0 Å². The van der Waals surface area contributed by atoms with E-state index in [1.807, 2.05) is 12.3 Å². The Bertz CT molecular complexity index is 660. The molecule has 0 aromatic heterocycles. The van der Waals surface area contributed by atoms with Crippen LogP contribution in [0.15, 0.2) is 41.3 Å². The highest BCUT2D eigenvalue weighted by atomic mass is 32.2. The highest BCUT2D eigenvalue weighted by Gasteiger charge is 2.13. The summed E-state index contributed by atoms with van der Waals surface area (Å²) < 4.78 is 26.9. The van der Waals surface area contributed by atoms with Crippen LogP contribution in [0.5, 0.6) is 0 Å². The molecule has 0 unspecified atom stereocenters. The number of rotatable bonds is 4. The predicted molar refractivity (Wildman–Crippen MR) is 83.8 cm³/mol. The molecule has 20 heavy (non-hydrogen) atoms. The first kappa shape index (κ1) is 14.7. The number of hydrogen-bond donors (Lipinski definition) is 2. The Balaban J connectivity index is 2.48. The van der Waals surface area contributed by atoms with Gasteiger partial charge in [0.25, 0.3) is 0 Å². The largest absolute Gasteiger partial charge is 0.389 e. The number of halogens is 2. The van der Waals surface area contributed by atoms with E-state index in [1.165, 1.54) is 23.9 Å². The molecule has 2 aromatic carbocycles. The third kappa shape index (κ3) is 2.91. The first-order valence-electron chi connectivity index (χ1n) is 5.72. The van der Waals surface area contributed by atoms with Crippen molar-refractivity contribution in [2.45, 2.75) is 4.90 Å². The highest BCUT2D eigenvalue weighted by Crippen LogP contribution is 2.30. The summed E-state index contributed by atoms with van der Waals surface area (Å²) in [5.74, 6) is -1.84. The molecule has 0 spiro atoms. The maximum atomic E-state index is 13.7. The fourth-order valence-electron chi connectivity index (χ4n) is 1.80. The molecule has 2 nitrogen and oxygen atoms in total. The predicted octanol–water partition coefficient (Wildman–Crippen LogP) is 4.06. The molecule has 0 saturated carbocycles. The summed E-state index contributed by atoms with van der Waals surface area (Å²) in [6.07, 6.45) is 1.89. The molecule has 0 heterocycles. The minimum absolute atomic E-state index is 0.0424. The molecule has 0 fully saturated rings. The van der Waals surface area contributed by atoms with E-state index in [0.717, 1.165) is 11.0 Å². The Morgan fingerprint density at radius 1 is 1.15 bits per heavy atom. The topological polar surface area (TPSA) is 38.0 Å². The van der Waals surface area contributed by atoms with Gasteiger partial charge in [-0.25, -0.2) is 8.78 Å². The fraction of sp³-hybridized carbons (Fsp3) is 0.0714. The summed E-state index contributed by atoms with van der Waals surface area (Å²) in [4.78, 5) is 1.08. The van der Waals surface area contributed by atoms with Crippen LogP contribution in [-0.4, -0.2) is 11.2 Å². The summed E-state index contributed by atoms with van der Waals surface area (Å²) in [5, 5.41) is 2.84. The maximum absolute atomic E-state index is 13.7. The van der Waals surface area contributed by atoms with E-state index < -0.39 is 11.6 Å². The number of nitrogens with two attached hydrogens (primary N) is 1. The second kappa shape index (κ2) is 6.19. The molecule has 0 aliphatic carbocycles. The van der Waals surface area contributed by atoms with Gasteiger partial charge in [0.15, 0.2) is 11.6 Å². The number of thiocarbonyl (C=S) groups is 1. The third-order valence-electron chi connectivity index (χ3n) is 2.71. The van der Waals surface area contributed by atoms with E-state index in [-0.39, 0.29) is 10.7 Å². The lowest BCUT2D eigenvalue weighted by Crippen LogP contribution is -2.13. The van der Waals surface area contributed by atoms with Crippen molar-refractivity contribution in [2.24, 2.45) is 5.73 Å². The molecule has 0 aliphatic heterocycles. The SMILES string of the molecule is CSc1cccc(Nc2cccc(F)c2F)c1C(N)=S. The van der Waals surface area contributed by atoms with Crippen molar-refractivity contribution in [3.8, 4) is 0 Å². The summed E-state index contributed by atoms with van der Waals surface area (Å²) in [5.41, 5.74) is 6.94. The van der Waals surface area contributed by atoms with Gasteiger partial charge < -0.3 is 11.1 Å². The van der Waals surface area contributed by atoms with Gasteiger partial charge in [-0.2, -0.15) is 0 Å². The minimum atomic E-state index is -0.934. The van der Waals surface area contributed by atoms with Crippen LogP contribution in [0.4, 0.5) is 20.2 Å². The number of nitrogens with one attached hydrogen (secondary N) is 1. The Morgan fingerprint density at radius 2 is 1.80 bits per heavy atom. The van der Waals surface area contributed by atoms with Crippen molar-refractivity contribution < 1.29 is 8.78 Å². The standard InChI is InChI=1S/C14H12F2N2S2/c1-20-11-7-3-5-9(12(11)14(17)19)18-10-6-2-4-8(15)13(10)16/h2-7,18H,1H3,(H2,17,19). The van der Waals surface area contributed by atoms with Crippen molar-refractivity contribution >= 4 is 40.3 Å². The number of thioether (sulfide) groups is 1. The molecule has 6 heteroatoms. The van der Waals surface area contributed by atoms with Crippen LogP contribution >= 0.6 is 24.0 Å². The van der Waals surface area contributed by atoms with E-state index in [9.17, 15) is 8.78 Å². The summed E-state index contributed by atoms with van der Waals surface area (Å²) >= 11 is 6.52. The highest BCUT2D eigenvalue weighted by molar-refractivity contribution is 7.98. The number of anilines is 2. The van der Waals surface area contributed by atoms with Crippen LogP contribution < -0.4 is 11.1 Å². The third-order valence-corrected chi connectivity index (χ3v) is 3.70. The van der Waals surface area contributed by atoms with Crippen LogP contribution in [0, 0.1) is 11.6 Å². The van der Waals surface area contributed by atoms with Gasteiger partial charge in [0.05, 0.1) is 5.69 Å². The number of hydrogen-bond acceptors (Lipinski definition) is 3. The van der Waals surface area contributed by atoms with Crippen LogP contribution in [0.3, 0.4) is 0 Å². The second-order valence-corrected chi connectivity index (χ2v) is 5.26. The molecule has 0 bridgehead atoms.